The highest BCUT2D eigenvalue weighted by atomic mass is 19.1. The normalized spacial score (nSPS) is 17.0. The first kappa shape index (κ1) is 34.2. The summed E-state index contributed by atoms with van der Waals surface area (Å²) in [7, 11) is 1.92. The number of amidine groups is 1. The largest absolute Gasteiger partial charge is 0.485 e. The highest BCUT2D eigenvalue weighted by Gasteiger charge is 2.37. The lowest BCUT2D eigenvalue weighted by atomic mass is 9.86. The van der Waals surface area contributed by atoms with E-state index in [4.69, 9.17) is 23.7 Å². The van der Waals surface area contributed by atoms with Gasteiger partial charge < -0.3 is 28.6 Å². The first-order valence-electron chi connectivity index (χ1n) is 16.5. The van der Waals surface area contributed by atoms with Gasteiger partial charge in [-0.3, -0.25) is 9.79 Å². The van der Waals surface area contributed by atoms with Crippen molar-refractivity contribution in [2.24, 2.45) is 10.9 Å². The number of nitrogens with zero attached hydrogens (tertiary/aromatic N) is 4. The van der Waals surface area contributed by atoms with Crippen LogP contribution in [0.3, 0.4) is 0 Å². The minimum absolute atomic E-state index is 0.0405. The van der Waals surface area contributed by atoms with Gasteiger partial charge in [0, 0.05) is 25.2 Å². The van der Waals surface area contributed by atoms with Crippen molar-refractivity contribution in [3.63, 3.8) is 0 Å². The van der Waals surface area contributed by atoms with Gasteiger partial charge in [0.2, 0.25) is 17.4 Å². The molecule has 10 nitrogen and oxygen atoms in total. The number of hydrogen-bond acceptors (Lipinski definition) is 10. The van der Waals surface area contributed by atoms with E-state index in [0.717, 1.165) is 29.9 Å². The fraction of sp³-hybridized carbons (Fsp3) is 0.316. The monoisotopic (exact) mass is 682 g/mol. The zero-order valence-corrected chi connectivity index (χ0v) is 27.7. The Kier molecular flexibility index (Phi) is 10.7. The van der Waals surface area contributed by atoms with E-state index in [0.29, 0.717) is 25.8 Å². The maximum Gasteiger partial charge on any atom is 0.312 e. The predicted molar refractivity (Wildman–Crippen MR) is 180 cm³/mol. The average Bonchev–Trinajstić information content (AvgIpc) is 3.58. The van der Waals surface area contributed by atoms with Gasteiger partial charge in [-0.2, -0.15) is 19.0 Å². The van der Waals surface area contributed by atoms with E-state index in [1.165, 1.54) is 18.2 Å². The first-order valence-corrected chi connectivity index (χ1v) is 16.5. The lowest BCUT2D eigenvalue weighted by Crippen LogP contribution is -2.37. The Morgan fingerprint density at radius 3 is 2.48 bits per heavy atom. The third kappa shape index (κ3) is 7.78. The van der Waals surface area contributed by atoms with E-state index >= 15 is 8.78 Å². The second-order valence-electron chi connectivity index (χ2n) is 11.9. The molecule has 2 aliphatic rings. The van der Waals surface area contributed by atoms with Gasteiger partial charge in [0.1, 0.15) is 24.3 Å². The molecular weight excluding hydrogens is 646 g/mol. The summed E-state index contributed by atoms with van der Waals surface area (Å²) in [5.41, 5.74) is 1.81. The lowest BCUT2D eigenvalue weighted by Gasteiger charge is -2.30. The number of hydrogen-bond donors (Lipinski definition) is 0. The van der Waals surface area contributed by atoms with Crippen molar-refractivity contribution >= 4 is 11.8 Å². The summed E-state index contributed by atoms with van der Waals surface area (Å²) in [5.74, 6) is -4.71. The van der Waals surface area contributed by atoms with Crippen LogP contribution in [0.2, 0.25) is 0 Å². The Hall–Kier alpha value is -5.70. The van der Waals surface area contributed by atoms with Crippen molar-refractivity contribution in [1.82, 2.24) is 9.88 Å². The number of nitriles is 1. The Morgan fingerprint density at radius 1 is 0.960 bits per heavy atom. The number of carbonyl (C=O) groups is 1. The molecule has 0 N–H and O–H groups in total. The molecular formula is C38H36F2N4O6. The number of halogens is 2. The molecule has 0 saturated heterocycles. The minimum Gasteiger partial charge on any atom is -0.485 e. The van der Waals surface area contributed by atoms with Crippen molar-refractivity contribution in [2.45, 2.75) is 45.3 Å². The number of aromatic nitrogens is 1. The topological polar surface area (TPSA) is 116 Å². The van der Waals surface area contributed by atoms with Gasteiger partial charge in [-0.25, -0.2) is 0 Å². The van der Waals surface area contributed by atoms with Crippen LogP contribution in [0.1, 0.15) is 49.3 Å². The van der Waals surface area contributed by atoms with Crippen LogP contribution < -0.4 is 18.9 Å². The van der Waals surface area contributed by atoms with Crippen LogP contribution in [0, 0.1) is 28.9 Å². The maximum absolute atomic E-state index is 16.4. The molecule has 1 aromatic heterocycles. The van der Waals surface area contributed by atoms with Crippen LogP contribution in [0.15, 0.2) is 77.8 Å². The van der Waals surface area contributed by atoms with Crippen molar-refractivity contribution in [2.75, 3.05) is 26.7 Å². The predicted octanol–water partition coefficient (Wildman–Crippen LogP) is 7.59. The van der Waals surface area contributed by atoms with E-state index in [1.54, 1.807) is 25.1 Å². The molecule has 1 fully saturated rings. The molecule has 4 aromatic rings. The molecule has 2 heterocycles. The van der Waals surface area contributed by atoms with Gasteiger partial charge in [0.25, 0.3) is 11.8 Å². The molecule has 2 unspecified atom stereocenters. The second-order valence-corrected chi connectivity index (χ2v) is 11.9. The Bertz CT molecular complexity index is 1920. The van der Waals surface area contributed by atoms with Gasteiger partial charge in [0.15, 0.2) is 11.5 Å². The van der Waals surface area contributed by atoms with E-state index in [2.05, 4.69) is 9.98 Å². The number of ether oxygens (including phenoxy) is 5. The van der Waals surface area contributed by atoms with E-state index in [-0.39, 0.29) is 36.0 Å². The summed E-state index contributed by atoms with van der Waals surface area (Å²) in [6.07, 6.45) is 1.37. The lowest BCUT2D eigenvalue weighted by molar-refractivity contribution is -0.153. The van der Waals surface area contributed by atoms with Gasteiger partial charge in [0.05, 0.1) is 30.7 Å². The summed E-state index contributed by atoms with van der Waals surface area (Å²) in [6.45, 7) is 3.41. The molecule has 50 heavy (non-hydrogen) atoms. The Balaban J connectivity index is 1.38. The second kappa shape index (κ2) is 15.7. The smallest absolute Gasteiger partial charge is 0.312 e. The quantitative estimate of drug-likeness (QED) is 0.139. The molecule has 1 saturated carbocycles. The summed E-state index contributed by atoms with van der Waals surface area (Å²) in [4.78, 5) is 23.4. The number of likely N-dealkylation sites (N-methyl/N-ethyl adjacent to an activating group) is 1. The zero-order valence-electron chi connectivity index (χ0n) is 27.7. The molecule has 0 bridgehead atoms. The van der Waals surface area contributed by atoms with Gasteiger partial charge in [-0.05, 0) is 56.0 Å². The molecule has 12 heteroatoms. The Morgan fingerprint density at radius 2 is 1.74 bits per heavy atom. The van der Waals surface area contributed by atoms with E-state index in [1.807, 2.05) is 54.4 Å². The van der Waals surface area contributed by atoms with E-state index < -0.39 is 47.1 Å². The summed E-state index contributed by atoms with van der Waals surface area (Å²) in [6, 6.07) is 22.7. The van der Waals surface area contributed by atoms with Gasteiger partial charge in [-0.1, -0.05) is 48.9 Å². The van der Waals surface area contributed by atoms with Crippen LogP contribution in [-0.2, 0) is 16.1 Å². The maximum atomic E-state index is 16.4. The molecule has 0 amide bonds. The van der Waals surface area contributed by atoms with E-state index in [9.17, 15) is 10.1 Å². The Labute approximate surface area is 288 Å². The highest BCUT2D eigenvalue weighted by molar-refractivity contribution is 5.99. The number of benzene rings is 3. The summed E-state index contributed by atoms with van der Waals surface area (Å²) < 4.78 is 61.8. The molecule has 3 aromatic carbocycles. The molecule has 1 aliphatic heterocycles. The third-order valence-electron chi connectivity index (χ3n) is 8.42. The van der Waals surface area contributed by atoms with Crippen LogP contribution in [0.25, 0.3) is 0 Å². The average molecular weight is 683 g/mol. The highest BCUT2D eigenvalue weighted by Crippen LogP contribution is 2.42. The van der Waals surface area contributed by atoms with Crippen molar-refractivity contribution in [3.8, 4) is 40.8 Å². The summed E-state index contributed by atoms with van der Waals surface area (Å²) in [5, 5.41) is 9.60. The number of aliphatic imine (C=N–C) groups is 1. The van der Waals surface area contributed by atoms with Crippen LogP contribution in [0.4, 0.5) is 8.78 Å². The first-order chi connectivity index (χ1) is 24.3. The summed E-state index contributed by atoms with van der Waals surface area (Å²) >= 11 is 0. The molecule has 6 rings (SSSR count). The molecule has 0 spiro atoms. The minimum atomic E-state index is -1.25. The van der Waals surface area contributed by atoms with Gasteiger partial charge in [-0.15, -0.1) is 0 Å². The number of esters is 1. The third-order valence-corrected chi connectivity index (χ3v) is 8.42. The van der Waals surface area contributed by atoms with Gasteiger partial charge >= 0.3 is 5.97 Å². The SMILES string of the molecule is CCOC(=O)C1CCCCC1Oc1c(F)c(Oc2cccc(C3=NCCN3C)c2)nc(Oc2cc(C#N)ccc2OCc2ccccc2)c1F. The molecule has 258 valence electrons. The van der Waals surface area contributed by atoms with Crippen molar-refractivity contribution in [1.29, 1.82) is 5.26 Å². The van der Waals surface area contributed by atoms with Crippen molar-refractivity contribution in [3.05, 3.63) is 101 Å². The standard InChI is InChI=1S/C38H36F2N4O6/c1-3-46-38(45)28-14-7-8-15-29(28)49-34-32(39)36(48-27-13-9-12-26(21-27)35-42-18-19-44(35)2)43-37(33(34)40)50-31-20-25(22-41)16-17-30(31)47-23-24-10-5-4-6-11-24/h4-6,9-13,16-17,20-21,28-29H,3,7-8,14-15,18-19,23H2,1-2H3. The zero-order chi connectivity index (χ0) is 35.0. The number of carbonyl (C=O) groups excluding carboxylic acids is 1. The number of pyridine rings is 1. The molecule has 1 aliphatic carbocycles. The molecule has 2 atom stereocenters. The fourth-order valence-corrected chi connectivity index (χ4v) is 5.90. The van der Waals surface area contributed by atoms with Crippen LogP contribution >= 0.6 is 0 Å². The fourth-order valence-electron chi connectivity index (χ4n) is 5.90. The number of rotatable bonds is 12. The molecule has 0 radical (unpaired) electrons. The van der Waals surface area contributed by atoms with Crippen molar-refractivity contribution < 1.29 is 37.3 Å². The van der Waals surface area contributed by atoms with Crippen LogP contribution in [0.5, 0.6) is 34.8 Å². The van der Waals surface area contributed by atoms with Crippen LogP contribution in [-0.4, -0.2) is 54.5 Å².